The molecule has 9 aliphatic heterocycles. The van der Waals surface area contributed by atoms with Gasteiger partial charge in [-0.05, 0) is 93.7 Å². The Morgan fingerprint density at radius 2 is 0.730 bits per heavy atom. The topological polar surface area (TPSA) is 536 Å². The molecule has 9 saturated heterocycles. The Morgan fingerprint density at radius 1 is 0.399 bits per heavy atom. The fraction of sp³-hybridized carbons (Fsp3) is 0.748. The van der Waals surface area contributed by atoms with Crippen LogP contribution in [0.15, 0.2) is 80.4 Å². The fourth-order valence-electron chi connectivity index (χ4n) is 38.5. The molecule has 806 valence electrons. The van der Waals surface area contributed by atoms with Gasteiger partial charge < -0.3 is 133 Å². The first-order chi connectivity index (χ1) is 68.8. The van der Waals surface area contributed by atoms with E-state index in [1.165, 1.54) is 100 Å². The number of methoxy groups -OCH3 is 3. The minimum Gasteiger partial charge on any atom is -0.511 e. The summed E-state index contributed by atoms with van der Waals surface area (Å²) in [5, 5.41) is 52.8. The molecule has 21 aliphatic rings. The summed E-state index contributed by atoms with van der Waals surface area (Å²) in [6, 6.07) is 5.04. The fourth-order valence-corrected chi connectivity index (χ4v) is 38.5. The van der Waals surface area contributed by atoms with Gasteiger partial charge in [0.15, 0.2) is 40.7 Å². The van der Waals surface area contributed by atoms with Gasteiger partial charge in [0.05, 0.1) is 70.9 Å². The third kappa shape index (κ3) is 11.0. The number of ether oxygens (including phenoxy) is 21. The molecule has 41 heteroatoms. The van der Waals surface area contributed by atoms with E-state index < -0.39 is 319 Å². The predicted octanol–water partition coefficient (Wildman–Crippen LogP) is 10.1. The lowest BCUT2D eigenvalue weighted by atomic mass is 9.32. The van der Waals surface area contributed by atoms with E-state index in [0.717, 1.165) is 0 Å². The lowest BCUT2D eigenvalue weighted by Crippen LogP contribution is -2.95. The van der Waals surface area contributed by atoms with Crippen molar-refractivity contribution in [3.63, 3.8) is 0 Å². The summed E-state index contributed by atoms with van der Waals surface area (Å²) in [4.78, 5) is 174. The highest BCUT2D eigenvalue weighted by molar-refractivity contribution is 6.02. The van der Waals surface area contributed by atoms with Gasteiger partial charge in [-0.2, -0.15) is 0 Å². The van der Waals surface area contributed by atoms with E-state index in [4.69, 9.17) is 113 Å². The minimum atomic E-state index is -2.26. The summed E-state index contributed by atoms with van der Waals surface area (Å²) in [5.74, 6) is -21.6. The van der Waals surface area contributed by atoms with Crippen LogP contribution in [0.1, 0.15) is 271 Å². The predicted molar refractivity (Wildman–Crippen MR) is 488 cm³/mol. The highest BCUT2D eigenvalue weighted by atomic mass is 17.0. The number of aliphatic hydroxyl groups excluding tert-OH is 1. The van der Waals surface area contributed by atoms with Gasteiger partial charge in [-0.3, -0.25) is 57.5 Å². The Bertz CT molecular complexity index is 6290. The molecule has 40 atom stereocenters. The van der Waals surface area contributed by atoms with Gasteiger partial charge in [0.25, 0.3) is 17.9 Å². The number of hydrogen-bond acceptors (Lipinski definition) is 41. The SMILES string of the molecule is COC(=O)CC1C2(C)CC34OC5(C)OC67C(/C(=C(/O)C(C)C)C(=O)OC6C3(O)C2OC(C)=O)C(C)(C(OC(C)=O)c2ccoc2)CCC7(O5)C14C.COC(=O)CC1C2(C)CC34OC5(C)OC67C(C(C(=O)C(C)C)C(=O)OC6C3(O)C2OC(C)=O)C(C)(C(OC(C)=O)c2ccoc2)CCC7(O5)C14C.COC(=O)CC1C2(C)CC34OC5(C)OC67C(CC(=O)OC6C3(O)C2OC(C)=O)C(C)(C(OC(C)=O)c2ccoc2)CCC7(O5)C14C. The maximum atomic E-state index is 14.7. The molecule has 148 heavy (non-hydrogen) atoms. The molecule has 0 radical (unpaired) electrons. The maximum Gasteiger partial charge on any atom is 0.338 e. The van der Waals surface area contributed by atoms with Crippen molar-refractivity contribution in [2.24, 2.45) is 102 Å². The van der Waals surface area contributed by atoms with Gasteiger partial charge >= 0.3 is 71.6 Å². The first-order valence-electron chi connectivity index (χ1n) is 51.2. The van der Waals surface area contributed by atoms with E-state index in [1.54, 1.807) is 66.7 Å². The number of allylic oxidation sites excluding steroid dienone is 1. The van der Waals surface area contributed by atoms with Crippen molar-refractivity contribution >= 4 is 77.4 Å². The molecule has 41 nitrogen and oxygen atoms in total. The van der Waals surface area contributed by atoms with Crippen molar-refractivity contribution in [1.82, 2.24) is 0 Å². The van der Waals surface area contributed by atoms with Crippen molar-refractivity contribution in [3.05, 3.63) is 83.8 Å². The monoisotopic (exact) mass is 2070 g/mol. The van der Waals surface area contributed by atoms with Crippen LogP contribution < -0.4 is 0 Å². The van der Waals surface area contributed by atoms with E-state index in [0.29, 0.717) is 29.5 Å². The Balaban J connectivity index is 0.000000126. The number of fused-ring (bicyclic) bond motifs is 9. The van der Waals surface area contributed by atoms with Crippen LogP contribution in [0.3, 0.4) is 0 Å². The lowest BCUT2D eigenvalue weighted by molar-refractivity contribution is -0.479. The minimum absolute atomic E-state index is 0.0716. The van der Waals surface area contributed by atoms with Crippen molar-refractivity contribution in [2.45, 2.75) is 376 Å². The van der Waals surface area contributed by atoms with Gasteiger partial charge in [-0.25, -0.2) is 4.79 Å². The molecular weight excluding hydrogens is 1940 g/mol. The maximum absolute atomic E-state index is 14.7. The second-order valence-corrected chi connectivity index (χ2v) is 49.2. The van der Waals surface area contributed by atoms with Crippen LogP contribution in [-0.2, 0) is 162 Å². The Kier molecular flexibility index (Phi) is 21.3. The molecule has 21 fully saturated rings. The molecule has 12 saturated carbocycles. The highest BCUT2D eigenvalue weighted by Gasteiger charge is 3.09. The summed E-state index contributed by atoms with van der Waals surface area (Å²) in [5.41, 5.74) is -29.9. The van der Waals surface area contributed by atoms with Crippen LogP contribution in [0.5, 0.6) is 0 Å². The molecule has 12 bridgehead atoms. The molecule has 4 N–H and O–H groups in total. The summed E-state index contributed by atoms with van der Waals surface area (Å²) >= 11 is 0. The second kappa shape index (κ2) is 30.6. The molecule has 40 unspecified atom stereocenters. The largest absolute Gasteiger partial charge is 0.511 e. The molecule has 3 aromatic rings. The van der Waals surface area contributed by atoms with E-state index in [9.17, 15) is 82.8 Å². The van der Waals surface area contributed by atoms with Gasteiger partial charge in [0.2, 0.25) is 0 Å². The van der Waals surface area contributed by atoms with Crippen molar-refractivity contribution in [2.75, 3.05) is 21.3 Å². The lowest BCUT2D eigenvalue weighted by Gasteiger charge is -2.78. The number of esters is 12. The number of hydrogen-bond donors (Lipinski definition) is 4. The van der Waals surface area contributed by atoms with Gasteiger partial charge in [0.1, 0.15) is 98.9 Å². The molecule has 9 spiro atoms. The molecule has 0 amide bonds. The molecule has 0 aromatic carbocycles. The average molecular weight is 2070 g/mol. The van der Waals surface area contributed by atoms with E-state index in [1.807, 2.05) is 62.3 Å². The number of carbonyl (C=O) groups is 13. The number of Topliss-reactive ketones (excluding diaryl/α,β-unsaturated/α-hetero) is 1. The van der Waals surface area contributed by atoms with Crippen molar-refractivity contribution < 1.29 is 195 Å². The summed E-state index contributed by atoms with van der Waals surface area (Å²) in [7, 11) is 3.90. The zero-order valence-electron chi connectivity index (χ0n) is 87.7. The van der Waals surface area contributed by atoms with E-state index >= 15 is 0 Å². The normalized spacial score (nSPS) is 50.7. The van der Waals surface area contributed by atoms with Gasteiger partial charge in [-0.15, -0.1) is 0 Å². The van der Waals surface area contributed by atoms with Crippen LogP contribution in [-0.4, -0.2) is 241 Å². The standard InChI is InChI=1S/2C37H46O14.C33H40O13/c2*1-17(2)24(41)23-25-30(5,26(46-18(3)38)20-10-13-45-15-20)11-12-34-32(7)21(14-22(40)44-9)31(6)16-35(32)36(43,28(31)47-19(4)39)29(48-27(23)42)37(25,34)51-33(8,49-34)50-35;1-16(34)41-23(18-8-11-40-14-18)26(3)9-10-30-28(5)19(12-21(36)39-7)27(4)15-31(28)32(38,24(27)42-17(2)35)25-33(30,20(26)13-22(37)43-25)46-29(6,44-30)45-31/h10,13,15,17,21,25-26,28-29,41,43H,11-12,14,16H2,1-9H3;10,13,15,17,21,23,25-26,28-29,43H,11-12,14,16H2,1-9H3;8,11,14,19-20,23-25,38H,9-10,12-13,15H2,1-7H3/b24-23-;;. The van der Waals surface area contributed by atoms with Crippen molar-refractivity contribution in [3.8, 4) is 0 Å². The van der Waals surface area contributed by atoms with Gasteiger partial charge in [-0.1, -0.05) is 90.0 Å². The quantitative estimate of drug-likeness (QED) is 0.0253. The van der Waals surface area contributed by atoms with Crippen LogP contribution in [0, 0.1) is 102 Å². The molecule has 12 heterocycles. The van der Waals surface area contributed by atoms with Crippen LogP contribution in [0.2, 0.25) is 0 Å². The van der Waals surface area contributed by atoms with Crippen LogP contribution >= 0.6 is 0 Å². The average Bonchev–Trinajstić information content (AvgIpc) is 1.41. The number of furan rings is 3. The summed E-state index contributed by atoms with van der Waals surface area (Å²) in [6.07, 6.45) is -1.25. The zero-order valence-corrected chi connectivity index (χ0v) is 87.7. The zero-order chi connectivity index (χ0) is 107. The highest BCUT2D eigenvalue weighted by Crippen LogP contribution is 2.95. The first kappa shape index (κ1) is 103. The molecular formula is C107H132O41. The molecule has 12 aliphatic carbocycles. The Hall–Kier alpha value is -9.79. The second-order valence-electron chi connectivity index (χ2n) is 49.2. The van der Waals surface area contributed by atoms with Crippen molar-refractivity contribution in [1.29, 1.82) is 0 Å². The van der Waals surface area contributed by atoms with Gasteiger partial charge in [0, 0.05) is 177 Å². The molecule has 24 rings (SSSR count). The molecule has 3 aromatic heterocycles. The Labute approximate surface area is 851 Å². The number of carbonyl (C=O) groups excluding carboxylic acids is 13. The number of rotatable bonds is 21. The third-order valence-corrected chi connectivity index (χ3v) is 42.1. The van der Waals surface area contributed by atoms with E-state index in [2.05, 4.69) is 0 Å². The first-order valence-corrected chi connectivity index (χ1v) is 51.2. The third-order valence-electron chi connectivity index (χ3n) is 42.1. The van der Waals surface area contributed by atoms with Crippen LogP contribution in [0.4, 0.5) is 0 Å². The number of ketones is 1. The smallest absolute Gasteiger partial charge is 0.338 e. The Morgan fingerprint density at radius 3 is 1.09 bits per heavy atom. The van der Waals surface area contributed by atoms with Crippen LogP contribution in [0.25, 0.3) is 0 Å². The summed E-state index contributed by atoms with van der Waals surface area (Å²) in [6.45, 7) is 36.2. The summed E-state index contributed by atoms with van der Waals surface area (Å²) < 4.78 is 151. The number of aliphatic hydroxyl groups is 4. The van der Waals surface area contributed by atoms with E-state index in [-0.39, 0.29) is 82.0 Å².